The van der Waals surface area contributed by atoms with Gasteiger partial charge in [0.25, 0.3) is 0 Å². The van der Waals surface area contributed by atoms with Crippen LogP contribution < -0.4 is 5.32 Å². The Morgan fingerprint density at radius 3 is 2.85 bits per heavy atom. The van der Waals surface area contributed by atoms with Gasteiger partial charge in [0.2, 0.25) is 0 Å². The van der Waals surface area contributed by atoms with Gasteiger partial charge in [-0.2, -0.15) is 11.8 Å². The minimum atomic E-state index is -0.234. The third-order valence-corrected chi connectivity index (χ3v) is 4.25. The first-order valence-corrected chi connectivity index (χ1v) is 8.10. The van der Waals surface area contributed by atoms with Crippen LogP contribution in [0.5, 0.6) is 0 Å². The predicted octanol–water partition coefficient (Wildman–Crippen LogP) is 2.29. The highest BCUT2D eigenvalue weighted by atomic mass is 32.2. The first-order chi connectivity index (χ1) is 9.74. The van der Waals surface area contributed by atoms with Gasteiger partial charge in [-0.15, -0.1) is 0 Å². The van der Waals surface area contributed by atoms with Crippen molar-refractivity contribution in [2.45, 2.75) is 19.4 Å². The van der Waals surface area contributed by atoms with Gasteiger partial charge in [-0.3, -0.25) is 0 Å². The summed E-state index contributed by atoms with van der Waals surface area (Å²) in [5.74, 6) is 3.68. The molecule has 2 heterocycles. The second-order valence-corrected chi connectivity index (χ2v) is 5.94. The summed E-state index contributed by atoms with van der Waals surface area (Å²) >= 11 is 1.88. The highest BCUT2D eigenvalue weighted by Gasteiger charge is 2.22. The Morgan fingerprint density at radius 2 is 2.25 bits per heavy atom. The molecule has 0 saturated carbocycles. The van der Waals surface area contributed by atoms with E-state index in [1.54, 1.807) is 7.11 Å². The van der Waals surface area contributed by atoms with E-state index in [4.69, 9.17) is 9.15 Å². The molecule has 1 aliphatic rings. The van der Waals surface area contributed by atoms with Crippen LogP contribution in [0.2, 0.25) is 0 Å². The Kier molecular flexibility index (Phi) is 5.79. The first-order valence-electron chi connectivity index (χ1n) is 6.95. The van der Waals surface area contributed by atoms with Crippen LogP contribution >= 0.6 is 11.8 Å². The summed E-state index contributed by atoms with van der Waals surface area (Å²) in [5, 5.41) is 3.00. The molecular weight excluding hydrogens is 276 g/mol. The smallest absolute Gasteiger partial charge is 0.318 e. The Balaban J connectivity index is 1.99. The van der Waals surface area contributed by atoms with Crippen molar-refractivity contribution in [1.29, 1.82) is 0 Å². The fourth-order valence-corrected chi connectivity index (χ4v) is 3.04. The normalized spacial score (nSPS) is 17.0. The van der Waals surface area contributed by atoms with Crippen molar-refractivity contribution in [3.8, 4) is 0 Å². The fourth-order valence-electron chi connectivity index (χ4n) is 2.14. The lowest BCUT2D eigenvalue weighted by Crippen LogP contribution is -2.46. The van der Waals surface area contributed by atoms with Crippen LogP contribution in [0, 0.1) is 0 Å². The predicted molar refractivity (Wildman–Crippen MR) is 80.1 cm³/mol. The van der Waals surface area contributed by atoms with E-state index in [-0.39, 0.29) is 12.1 Å². The second kappa shape index (κ2) is 7.59. The number of carbonyl (C=O) groups is 1. The molecule has 0 spiro atoms. The topological polar surface area (TPSA) is 54.7 Å². The number of furan rings is 1. The molecule has 1 aromatic heterocycles. The molecule has 1 fully saturated rings. The summed E-state index contributed by atoms with van der Waals surface area (Å²) in [5.41, 5.74) is 0. The second-order valence-electron chi connectivity index (χ2n) is 4.71. The molecule has 1 aliphatic heterocycles. The number of aryl methyl sites for hydroxylation is 1. The van der Waals surface area contributed by atoms with E-state index in [0.29, 0.717) is 6.61 Å². The zero-order valence-electron chi connectivity index (χ0n) is 12.1. The molecule has 1 unspecified atom stereocenters. The average molecular weight is 298 g/mol. The lowest BCUT2D eigenvalue weighted by molar-refractivity contribution is 0.147. The van der Waals surface area contributed by atoms with E-state index in [2.05, 4.69) is 5.32 Å². The minimum Gasteiger partial charge on any atom is -0.464 e. The molecule has 0 radical (unpaired) electrons. The van der Waals surface area contributed by atoms with Gasteiger partial charge < -0.3 is 19.4 Å². The molecule has 0 aliphatic carbocycles. The van der Waals surface area contributed by atoms with E-state index < -0.39 is 0 Å². The summed E-state index contributed by atoms with van der Waals surface area (Å²) in [6.07, 6.45) is 0.844. The summed E-state index contributed by atoms with van der Waals surface area (Å²) in [6, 6.07) is 3.58. The van der Waals surface area contributed by atoms with Crippen molar-refractivity contribution in [2.24, 2.45) is 0 Å². The third kappa shape index (κ3) is 3.93. The van der Waals surface area contributed by atoms with Gasteiger partial charge in [-0.05, 0) is 12.1 Å². The standard InChI is InChI=1S/C14H22N2O3S/c1-3-11-4-5-13(19-11)12(10-18-2)15-14(17)16-6-8-20-9-7-16/h4-5,12H,3,6-10H2,1-2H3,(H,15,17). The molecular formula is C14H22N2O3S. The minimum absolute atomic E-state index is 0.0400. The zero-order valence-corrected chi connectivity index (χ0v) is 12.9. The number of hydrogen-bond donors (Lipinski definition) is 1. The zero-order chi connectivity index (χ0) is 14.4. The molecule has 0 bridgehead atoms. The van der Waals surface area contributed by atoms with Gasteiger partial charge in [0.15, 0.2) is 0 Å². The number of amides is 2. The van der Waals surface area contributed by atoms with Gasteiger partial charge in [0.1, 0.15) is 17.6 Å². The first kappa shape index (κ1) is 15.3. The van der Waals surface area contributed by atoms with Crippen LogP contribution in [0.4, 0.5) is 4.79 Å². The van der Waals surface area contributed by atoms with Crippen molar-refractivity contribution < 1.29 is 13.9 Å². The lowest BCUT2D eigenvalue weighted by Gasteiger charge is -2.28. The number of ether oxygens (including phenoxy) is 1. The van der Waals surface area contributed by atoms with E-state index in [1.807, 2.05) is 35.7 Å². The van der Waals surface area contributed by atoms with E-state index in [0.717, 1.165) is 42.5 Å². The van der Waals surface area contributed by atoms with Crippen LogP contribution in [0.3, 0.4) is 0 Å². The molecule has 20 heavy (non-hydrogen) atoms. The van der Waals surface area contributed by atoms with Gasteiger partial charge in [0, 0.05) is 38.1 Å². The molecule has 2 rings (SSSR count). The Bertz CT molecular complexity index is 430. The molecule has 1 saturated heterocycles. The Morgan fingerprint density at radius 1 is 1.50 bits per heavy atom. The molecule has 5 nitrogen and oxygen atoms in total. The number of nitrogens with one attached hydrogen (secondary N) is 1. The van der Waals surface area contributed by atoms with E-state index in [9.17, 15) is 4.79 Å². The molecule has 6 heteroatoms. The quantitative estimate of drug-likeness (QED) is 0.906. The van der Waals surface area contributed by atoms with Crippen molar-refractivity contribution in [3.63, 3.8) is 0 Å². The molecule has 2 amide bonds. The van der Waals surface area contributed by atoms with Crippen molar-refractivity contribution in [1.82, 2.24) is 10.2 Å². The summed E-state index contributed by atoms with van der Waals surface area (Å²) in [6.45, 7) is 4.05. The Hall–Kier alpha value is -1.14. The van der Waals surface area contributed by atoms with Gasteiger partial charge in [-0.25, -0.2) is 4.79 Å². The highest BCUT2D eigenvalue weighted by Crippen LogP contribution is 2.18. The SMILES string of the molecule is CCc1ccc(C(COC)NC(=O)N2CCSCC2)o1. The van der Waals surface area contributed by atoms with Gasteiger partial charge in [0.05, 0.1) is 6.61 Å². The van der Waals surface area contributed by atoms with Crippen LogP contribution in [-0.4, -0.2) is 49.2 Å². The monoisotopic (exact) mass is 298 g/mol. The molecule has 1 aromatic rings. The average Bonchev–Trinajstić information content (AvgIpc) is 2.96. The summed E-state index contributed by atoms with van der Waals surface area (Å²) < 4.78 is 10.9. The van der Waals surface area contributed by atoms with E-state index >= 15 is 0 Å². The van der Waals surface area contributed by atoms with Crippen LogP contribution in [-0.2, 0) is 11.2 Å². The summed E-state index contributed by atoms with van der Waals surface area (Å²) in [4.78, 5) is 14.1. The third-order valence-electron chi connectivity index (χ3n) is 3.30. The molecule has 1 atom stereocenters. The maximum Gasteiger partial charge on any atom is 0.318 e. The van der Waals surface area contributed by atoms with Gasteiger partial charge in [-0.1, -0.05) is 6.92 Å². The Labute approximate surface area is 124 Å². The summed E-state index contributed by atoms with van der Waals surface area (Å²) in [7, 11) is 1.63. The van der Waals surface area contributed by atoms with Crippen LogP contribution in [0.25, 0.3) is 0 Å². The van der Waals surface area contributed by atoms with Crippen molar-refractivity contribution in [3.05, 3.63) is 23.7 Å². The number of methoxy groups -OCH3 is 1. The fraction of sp³-hybridized carbons (Fsp3) is 0.643. The number of rotatable bonds is 5. The van der Waals surface area contributed by atoms with Gasteiger partial charge >= 0.3 is 6.03 Å². The molecule has 0 aromatic carbocycles. The van der Waals surface area contributed by atoms with E-state index in [1.165, 1.54) is 0 Å². The van der Waals surface area contributed by atoms with Crippen molar-refractivity contribution in [2.75, 3.05) is 38.3 Å². The lowest BCUT2D eigenvalue weighted by atomic mass is 10.2. The highest BCUT2D eigenvalue weighted by molar-refractivity contribution is 7.99. The number of thioether (sulfide) groups is 1. The largest absolute Gasteiger partial charge is 0.464 e. The number of nitrogens with zero attached hydrogens (tertiary/aromatic N) is 1. The number of hydrogen-bond acceptors (Lipinski definition) is 4. The maximum absolute atomic E-state index is 12.2. The maximum atomic E-state index is 12.2. The number of carbonyl (C=O) groups excluding carboxylic acids is 1. The molecule has 112 valence electrons. The number of urea groups is 1. The van der Waals surface area contributed by atoms with Crippen molar-refractivity contribution >= 4 is 17.8 Å². The van der Waals surface area contributed by atoms with Crippen LogP contribution in [0.15, 0.2) is 16.5 Å². The van der Waals surface area contributed by atoms with Crippen LogP contribution in [0.1, 0.15) is 24.5 Å². The molecule has 1 N–H and O–H groups in total.